The van der Waals surface area contributed by atoms with Crippen molar-refractivity contribution in [2.24, 2.45) is 5.73 Å². The number of rotatable bonds is 4. The van der Waals surface area contributed by atoms with Gasteiger partial charge in [-0.1, -0.05) is 43.1 Å². The minimum Gasteiger partial charge on any atom is -0.389 e. The fourth-order valence-corrected chi connectivity index (χ4v) is 3.31. The zero-order valence-corrected chi connectivity index (χ0v) is 12.9. The number of thiocarbonyl (C=S) groups is 1. The molecule has 0 heterocycles. The molecule has 1 fully saturated rings. The van der Waals surface area contributed by atoms with Crippen molar-refractivity contribution in [2.75, 3.05) is 11.4 Å². The summed E-state index contributed by atoms with van der Waals surface area (Å²) in [6.45, 7) is 3.16. The van der Waals surface area contributed by atoms with Gasteiger partial charge in [0.05, 0.1) is 0 Å². The normalized spacial score (nSPS) is 16.3. The van der Waals surface area contributed by atoms with Gasteiger partial charge in [-0.05, 0) is 38.0 Å². The van der Waals surface area contributed by atoms with Gasteiger partial charge < -0.3 is 10.6 Å². The van der Waals surface area contributed by atoms with Crippen LogP contribution >= 0.6 is 23.8 Å². The van der Waals surface area contributed by atoms with E-state index in [4.69, 9.17) is 29.6 Å². The molecule has 104 valence electrons. The van der Waals surface area contributed by atoms with E-state index in [1.165, 1.54) is 32.1 Å². The maximum absolute atomic E-state index is 6.06. The van der Waals surface area contributed by atoms with Crippen molar-refractivity contribution in [3.63, 3.8) is 0 Å². The van der Waals surface area contributed by atoms with Crippen LogP contribution in [-0.2, 0) is 0 Å². The zero-order chi connectivity index (χ0) is 13.8. The van der Waals surface area contributed by atoms with E-state index in [9.17, 15) is 0 Å². The molecule has 4 heteroatoms. The summed E-state index contributed by atoms with van der Waals surface area (Å²) < 4.78 is 0. The third kappa shape index (κ3) is 3.40. The molecular weight excluding hydrogens is 276 g/mol. The number of anilines is 1. The van der Waals surface area contributed by atoms with Gasteiger partial charge in [0.15, 0.2) is 0 Å². The Kier molecular flexibility index (Phi) is 5.06. The third-order valence-electron chi connectivity index (χ3n) is 3.89. The molecule has 1 aliphatic carbocycles. The summed E-state index contributed by atoms with van der Waals surface area (Å²) in [5.74, 6) is 0. The van der Waals surface area contributed by atoms with E-state index < -0.39 is 0 Å². The van der Waals surface area contributed by atoms with E-state index in [0.29, 0.717) is 16.1 Å². The summed E-state index contributed by atoms with van der Waals surface area (Å²) in [6.07, 6.45) is 6.51. The molecule has 0 bridgehead atoms. The largest absolute Gasteiger partial charge is 0.389 e. The van der Waals surface area contributed by atoms with E-state index in [0.717, 1.165) is 17.8 Å². The summed E-state index contributed by atoms with van der Waals surface area (Å²) in [4.78, 5) is 2.86. The highest BCUT2D eigenvalue weighted by Crippen LogP contribution is 2.31. The van der Waals surface area contributed by atoms with Gasteiger partial charge >= 0.3 is 0 Å². The van der Waals surface area contributed by atoms with Crippen LogP contribution in [0.2, 0.25) is 5.02 Å². The molecule has 1 aliphatic rings. The van der Waals surface area contributed by atoms with Crippen LogP contribution in [0.5, 0.6) is 0 Å². The van der Waals surface area contributed by atoms with E-state index in [2.05, 4.69) is 17.9 Å². The van der Waals surface area contributed by atoms with Crippen LogP contribution < -0.4 is 10.6 Å². The first-order chi connectivity index (χ1) is 9.13. The minimum atomic E-state index is 0.423. The van der Waals surface area contributed by atoms with Crippen molar-refractivity contribution in [3.8, 4) is 0 Å². The maximum Gasteiger partial charge on any atom is 0.106 e. The third-order valence-corrected chi connectivity index (χ3v) is 4.34. The highest BCUT2D eigenvalue weighted by molar-refractivity contribution is 7.80. The second-order valence-electron chi connectivity index (χ2n) is 5.10. The Labute approximate surface area is 125 Å². The van der Waals surface area contributed by atoms with Gasteiger partial charge in [-0.3, -0.25) is 0 Å². The predicted molar refractivity (Wildman–Crippen MR) is 87.2 cm³/mol. The fraction of sp³-hybridized carbons (Fsp3) is 0.533. The quantitative estimate of drug-likeness (QED) is 0.847. The van der Waals surface area contributed by atoms with Crippen LogP contribution in [0.4, 0.5) is 5.69 Å². The molecule has 1 aromatic carbocycles. The lowest BCUT2D eigenvalue weighted by atomic mass is 9.93. The van der Waals surface area contributed by atoms with E-state index in [1.54, 1.807) is 0 Å². The fourth-order valence-electron chi connectivity index (χ4n) is 2.97. The predicted octanol–water partition coefficient (Wildman–Crippen LogP) is 4.13. The molecule has 19 heavy (non-hydrogen) atoms. The molecule has 0 unspecified atom stereocenters. The highest BCUT2D eigenvalue weighted by atomic mass is 35.5. The van der Waals surface area contributed by atoms with Crippen LogP contribution in [0, 0.1) is 0 Å². The van der Waals surface area contributed by atoms with Gasteiger partial charge in [0.2, 0.25) is 0 Å². The van der Waals surface area contributed by atoms with E-state index in [-0.39, 0.29) is 0 Å². The number of nitrogens with zero attached hydrogens (tertiary/aromatic N) is 1. The van der Waals surface area contributed by atoms with Crippen molar-refractivity contribution < 1.29 is 0 Å². The van der Waals surface area contributed by atoms with Crippen LogP contribution in [-0.4, -0.2) is 17.6 Å². The molecule has 0 amide bonds. The number of benzene rings is 1. The number of halogens is 1. The Hall–Kier alpha value is -0.800. The molecule has 0 aliphatic heterocycles. The molecule has 2 nitrogen and oxygen atoms in total. The van der Waals surface area contributed by atoms with Crippen LogP contribution in [0.1, 0.15) is 44.6 Å². The highest BCUT2D eigenvalue weighted by Gasteiger charge is 2.22. The first kappa shape index (κ1) is 14.6. The average Bonchev–Trinajstić information content (AvgIpc) is 2.42. The van der Waals surface area contributed by atoms with Gasteiger partial charge in [-0.15, -0.1) is 0 Å². The lowest BCUT2D eigenvalue weighted by molar-refractivity contribution is 0.418. The lowest BCUT2D eigenvalue weighted by Gasteiger charge is -2.36. The Morgan fingerprint density at radius 2 is 2.05 bits per heavy atom. The molecule has 0 saturated heterocycles. The second-order valence-corrected chi connectivity index (χ2v) is 5.98. The molecular formula is C15H21ClN2S. The molecule has 2 rings (SSSR count). The minimum absolute atomic E-state index is 0.423. The summed E-state index contributed by atoms with van der Waals surface area (Å²) in [6, 6.07) is 6.46. The number of hydrogen-bond donors (Lipinski definition) is 1. The Bertz CT molecular complexity index is 455. The summed E-state index contributed by atoms with van der Waals surface area (Å²) in [5, 5.41) is 0.686. The molecule has 2 N–H and O–H groups in total. The van der Waals surface area contributed by atoms with Gasteiger partial charge in [0.25, 0.3) is 0 Å². The Morgan fingerprint density at radius 3 is 2.63 bits per heavy atom. The molecule has 0 radical (unpaired) electrons. The van der Waals surface area contributed by atoms with Gasteiger partial charge in [-0.2, -0.15) is 0 Å². The molecule has 1 aromatic rings. The van der Waals surface area contributed by atoms with Crippen molar-refractivity contribution in [2.45, 2.75) is 45.1 Å². The van der Waals surface area contributed by atoms with Crippen LogP contribution in [0.3, 0.4) is 0 Å². The first-order valence-electron chi connectivity index (χ1n) is 6.99. The second kappa shape index (κ2) is 6.58. The summed E-state index contributed by atoms with van der Waals surface area (Å²) >= 11 is 11.2. The van der Waals surface area contributed by atoms with Gasteiger partial charge in [0.1, 0.15) is 4.99 Å². The summed E-state index contributed by atoms with van der Waals surface area (Å²) in [5.41, 5.74) is 7.88. The topological polar surface area (TPSA) is 29.3 Å². The van der Waals surface area contributed by atoms with Gasteiger partial charge in [0, 0.05) is 28.9 Å². The standard InChI is InChI=1S/C15H21ClN2S/c1-2-18(12-6-4-3-5-7-12)14-9-8-11(16)10-13(14)15(17)19/h8-10,12H,2-7H2,1H3,(H2,17,19). The SMILES string of the molecule is CCN(c1ccc(Cl)cc1C(N)=S)C1CCCCC1. The molecule has 0 spiro atoms. The zero-order valence-electron chi connectivity index (χ0n) is 11.4. The summed E-state index contributed by atoms with van der Waals surface area (Å²) in [7, 11) is 0. The van der Waals surface area contributed by atoms with Crippen molar-refractivity contribution in [3.05, 3.63) is 28.8 Å². The van der Waals surface area contributed by atoms with Crippen molar-refractivity contribution in [1.82, 2.24) is 0 Å². The maximum atomic E-state index is 6.06. The van der Waals surface area contributed by atoms with Crippen LogP contribution in [0.15, 0.2) is 18.2 Å². The number of nitrogens with two attached hydrogens (primary N) is 1. The smallest absolute Gasteiger partial charge is 0.106 e. The van der Waals surface area contributed by atoms with Gasteiger partial charge in [-0.25, -0.2) is 0 Å². The molecule has 0 aromatic heterocycles. The Balaban J connectivity index is 2.34. The van der Waals surface area contributed by atoms with Crippen molar-refractivity contribution >= 4 is 34.5 Å². The average molecular weight is 297 g/mol. The Morgan fingerprint density at radius 1 is 1.37 bits per heavy atom. The van der Waals surface area contributed by atoms with Crippen molar-refractivity contribution in [1.29, 1.82) is 0 Å². The monoisotopic (exact) mass is 296 g/mol. The van der Waals surface area contributed by atoms with E-state index in [1.807, 2.05) is 12.1 Å². The molecule has 1 saturated carbocycles. The van der Waals surface area contributed by atoms with E-state index >= 15 is 0 Å². The first-order valence-corrected chi connectivity index (χ1v) is 7.78. The lowest BCUT2D eigenvalue weighted by Crippen LogP contribution is -2.38. The molecule has 0 atom stereocenters. The number of hydrogen-bond acceptors (Lipinski definition) is 2. The van der Waals surface area contributed by atoms with Crippen LogP contribution in [0.25, 0.3) is 0 Å².